The van der Waals surface area contributed by atoms with Crippen molar-refractivity contribution in [2.45, 2.75) is 6.92 Å². The van der Waals surface area contributed by atoms with Crippen LogP contribution >= 0.6 is 8.58 Å². The standard InChI is InChI=1S/C20H18NOP/c1-15-8-7-13-19(20(15)22)23-18-12-6-5-9-16(18)14-21-17-10-3-2-4-11-17/h2-14,22-23H,1H3. The van der Waals surface area contributed by atoms with E-state index < -0.39 is 0 Å². The van der Waals surface area contributed by atoms with Crippen molar-refractivity contribution < 1.29 is 5.11 Å². The summed E-state index contributed by atoms with van der Waals surface area (Å²) in [4.78, 5) is 4.54. The third-order valence-corrected chi connectivity index (χ3v) is 4.97. The zero-order valence-electron chi connectivity index (χ0n) is 12.9. The van der Waals surface area contributed by atoms with E-state index in [1.54, 1.807) is 0 Å². The molecule has 0 spiro atoms. The van der Waals surface area contributed by atoms with Crippen LogP contribution in [-0.2, 0) is 0 Å². The lowest BCUT2D eigenvalue weighted by Gasteiger charge is -2.09. The SMILES string of the molecule is Cc1cccc(Pc2ccccc2C=Nc2ccccc2)c1O. The van der Waals surface area contributed by atoms with Crippen molar-refractivity contribution in [3.8, 4) is 5.75 Å². The Labute approximate surface area is 138 Å². The molecule has 0 bridgehead atoms. The minimum absolute atomic E-state index is 0.389. The first-order valence-electron chi connectivity index (χ1n) is 7.48. The number of hydrogen-bond donors (Lipinski definition) is 1. The second kappa shape index (κ2) is 7.21. The first-order valence-corrected chi connectivity index (χ1v) is 8.48. The summed E-state index contributed by atoms with van der Waals surface area (Å²) in [6.45, 7) is 1.92. The van der Waals surface area contributed by atoms with Gasteiger partial charge in [0.1, 0.15) is 5.75 Å². The molecule has 0 aromatic heterocycles. The second-order valence-electron chi connectivity index (χ2n) is 5.28. The Morgan fingerprint density at radius 2 is 1.52 bits per heavy atom. The Hall–Kier alpha value is -2.44. The van der Waals surface area contributed by atoms with Crippen molar-refractivity contribution in [1.82, 2.24) is 0 Å². The number of para-hydroxylation sites is 2. The molecule has 1 atom stereocenters. The molecular formula is C20H18NOP. The van der Waals surface area contributed by atoms with Gasteiger partial charge in [-0.3, -0.25) is 4.99 Å². The van der Waals surface area contributed by atoms with Crippen LogP contribution in [0.2, 0.25) is 0 Å². The molecule has 3 aromatic rings. The molecule has 0 radical (unpaired) electrons. The molecule has 1 N–H and O–H groups in total. The zero-order valence-corrected chi connectivity index (χ0v) is 13.9. The number of rotatable bonds is 4. The zero-order chi connectivity index (χ0) is 16.1. The molecule has 0 aliphatic rings. The van der Waals surface area contributed by atoms with Gasteiger partial charge in [-0.1, -0.05) is 69.2 Å². The van der Waals surface area contributed by atoms with E-state index in [-0.39, 0.29) is 0 Å². The van der Waals surface area contributed by atoms with Crippen LogP contribution in [0.25, 0.3) is 0 Å². The van der Waals surface area contributed by atoms with E-state index in [0.29, 0.717) is 14.3 Å². The summed E-state index contributed by atoms with van der Waals surface area (Å²) in [5, 5.41) is 12.4. The molecular weight excluding hydrogens is 301 g/mol. The number of phenols is 1. The van der Waals surface area contributed by atoms with E-state index in [4.69, 9.17) is 0 Å². The van der Waals surface area contributed by atoms with Crippen molar-refractivity contribution in [3.05, 3.63) is 83.9 Å². The molecule has 3 rings (SSSR count). The fourth-order valence-electron chi connectivity index (χ4n) is 2.29. The van der Waals surface area contributed by atoms with Gasteiger partial charge < -0.3 is 5.11 Å². The number of hydrogen-bond acceptors (Lipinski definition) is 2. The van der Waals surface area contributed by atoms with Gasteiger partial charge >= 0.3 is 0 Å². The van der Waals surface area contributed by atoms with Gasteiger partial charge in [-0.15, -0.1) is 0 Å². The second-order valence-corrected chi connectivity index (χ2v) is 6.60. The Kier molecular flexibility index (Phi) is 4.85. The van der Waals surface area contributed by atoms with Crippen LogP contribution in [0.5, 0.6) is 5.75 Å². The molecule has 0 amide bonds. The van der Waals surface area contributed by atoms with Gasteiger partial charge in [0.05, 0.1) is 5.69 Å². The highest BCUT2D eigenvalue weighted by molar-refractivity contribution is 7.56. The molecule has 0 saturated carbocycles. The summed E-state index contributed by atoms with van der Waals surface area (Å²) >= 11 is 0. The molecule has 0 aliphatic carbocycles. The lowest BCUT2D eigenvalue weighted by atomic mass is 10.2. The number of benzene rings is 3. The average molecular weight is 319 g/mol. The monoisotopic (exact) mass is 319 g/mol. The van der Waals surface area contributed by atoms with E-state index in [2.05, 4.69) is 17.1 Å². The van der Waals surface area contributed by atoms with Gasteiger partial charge in [-0.05, 0) is 29.9 Å². The van der Waals surface area contributed by atoms with Crippen LogP contribution in [0.3, 0.4) is 0 Å². The quantitative estimate of drug-likeness (QED) is 0.570. The minimum atomic E-state index is 0.389. The number of nitrogens with zero attached hydrogens (tertiary/aromatic N) is 1. The van der Waals surface area contributed by atoms with Crippen molar-refractivity contribution >= 4 is 31.1 Å². The Morgan fingerprint density at radius 1 is 0.826 bits per heavy atom. The minimum Gasteiger partial charge on any atom is -0.507 e. The number of aryl methyl sites for hydroxylation is 1. The maximum absolute atomic E-state index is 10.2. The molecule has 1 unspecified atom stereocenters. The van der Waals surface area contributed by atoms with Gasteiger partial charge in [0.25, 0.3) is 0 Å². The van der Waals surface area contributed by atoms with Gasteiger partial charge in [-0.25, -0.2) is 0 Å². The fourth-order valence-corrected chi connectivity index (χ4v) is 3.54. The molecule has 0 saturated heterocycles. The number of phenolic OH excluding ortho intramolecular Hbond substituents is 1. The van der Waals surface area contributed by atoms with Crippen molar-refractivity contribution in [2.24, 2.45) is 4.99 Å². The largest absolute Gasteiger partial charge is 0.507 e. The normalized spacial score (nSPS) is 11.5. The van der Waals surface area contributed by atoms with E-state index in [1.165, 1.54) is 5.30 Å². The van der Waals surface area contributed by atoms with Crippen LogP contribution in [0.1, 0.15) is 11.1 Å². The van der Waals surface area contributed by atoms with Crippen LogP contribution in [-0.4, -0.2) is 11.3 Å². The molecule has 0 fully saturated rings. The van der Waals surface area contributed by atoms with Gasteiger partial charge in [-0.2, -0.15) is 0 Å². The molecule has 0 heterocycles. The third kappa shape index (κ3) is 3.85. The molecule has 114 valence electrons. The number of aliphatic imine (C=N–C) groups is 1. The van der Waals surface area contributed by atoms with E-state index in [0.717, 1.165) is 22.1 Å². The highest BCUT2D eigenvalue weighted by Gasteiger charge is 2.07. The smallest absolute Gasteiger partial charge is 0.126 e. The summed E-state index contributed by atoms with van der Waals surface area (Å²) in [7, 11) is 0.397. The molecule has 0 aliphatic heterocycles. The third-order valence-electron chi connectivity index (χ3n) is 3.58. The van der Waals surface area contributed by atoms with Crippen molar-refractivity contribution in [3.63, 3.8) is 0 Å². The van der Waals surface area contributed by atoms with Crippen LogP contribution in [0.15, 0.2) is 77.8 Å². The van der Waals surface area contributed by atoms with E-state index in [1.807, 2.05) is 73.8 Å². The maximum Gasteiger partial charge on any atom is 0.126 e. The predicted octanol–water partition coefficient (Wildman–Crippen LogP) is 4.08. The molecule has 2 nitrogen and oxygen atoms in total. The fraction of sp³-hybridized carbons (Fsp3) is 0.0500. The summed E-state index contributed by atoms with van der Waals surface area (Å²) < 4.78 is 0. The lowest BCUT2D eigenvalue weighted by Crippen LogP contribution is -2.09. The summed E-state index contributed by atoms with van der Waals surface area (Å²) in [6, 6.07) is 24.0. The predicted molar refractivity (Wildman–Crippen MR) is 101 cm³/mol. The number of aromatic hydroxyl groups is 1. The molecule has 3 heteroatoms. The van der Waals surface area contributed by atoms with Crippen molar-refractivity contribution in [1.29, 1.82) is 0 Å². The van der Waals surface area contributed by atoms with Gasteiger partial charge in [0.15, 0.2) is 0 Å². The van der Waals surface area contributed by atoms with Crippen molar-refractivity contribution in [2.75, 3.05) is 0 Å². The average Bonchev–Trinajstić information content (AvgIpc) is 2.59. The van der Waals surface area contributed by atoms with Crippen LogP contribution in [0.4, 0.5) is 5.69 Å². The first kappa shape index (κ1) is 15.5. The summed E-state index contributed by atoms with van der Waals surface area (Å²) in [5.41, 5.74) is 2.92. The first-order chi connectivity index (χ1) is 11.2. The van der Waals surface area contributed by atoms with Crippen LogP contribution in [0, 0.1) is 6.92 Å². The highest BCUT2D eigenvalue weighted by atomic mass is 31.1. The van der Waals surface area contributed by atoms with E-state index >= 15 is 0 Å². The van der Waals surface area contributed by atoms with Crippen LogP contribution < -0.4 is 10.6 Å². The van der Waals surface area contributed by atoms with E-state index in [9.17, 15) is 5.11 Å². The van der Waals surface area contributed by atoms with Gasteiger partial charge in [0, 0.05) is 17.1 Å². The summed E-state index contributed by atoms with van der Waals surface area (Å²) in [5.74, 6) is 0.389. The Balaban J connectivity index is 1.89. The highest BCUT2D eigenvalue weighted by Crippen LogP contribution is 2.22. The molecule has 23 heavy (non-hydrogen) atoms. The Morgan fingerprint density at radius 3 is 2.35 bits per heavy atom. The Bertz CT molecular complexity index is 828. The lowest BCUT2D eigenvalue weighted by molar-refractivity contribution is 0.475. The topological polar surface area (TPSA) is 32.6 Å². The maximum atomic E-state index is 10.2. The van der Waals surface area contributed by atoms with Gasteiger partial charge in [0.2, 0.25) is 0 Å². The summed E-state index contributed by atoms with van der Waals surface area (Å²) in [6.07, 6.45) is 1.89. The molecule has 3 aromatic carbocycles.